The van der Waals surface area contributed by atoms with Crippen LogP contribution in [0.15, 0.2) is 42.5 Å². The summed E-state index contributed by atoms with van der Waals surface area (Å²) in [6.07, 6.45) is 1.70. The smallest absolute Gasteiger partial charge is 0.339 e. The van der Waals surface area contributed by atoms with E-state index in [1.54, 1.807) is 12.1 Å². The molecular formula is C23H25NO5. The number of nitrogens with zero attached hydrogens (tertiary/aromatic N) is 1. The third kappa shape index (κ3) is 3.49. The summed E-state index contributed by atoms with van der Waals surface area (Å²) in [5, 5.41) is 0. The summed E-state index contributed by atoms with van der Waals surface area (Å²) in [6.45, 7) is 3.19. The maximum atomic E-state index is 12.6. The summed E-state index contributed by atoms with van der Waals surface area (Å²) in [6, 6.07) is 13.7. The van der Waals surface area contributed by atoms with Crippen LogP contribution in [0.2, 0.25) is 0 Å². The van der Waals surface area contributed by atoms with Crippen LogP contribution in [0, 0.1) is 0 Å². The van der Waals surface area contributed by atoms with Crippen LogP contribution in [0.3, 0.4) is 0 Å². The van der Waals surface area contributed by atoms with Crippen LogP contribution >= 0.6 is 0 Å². The predicted octanol–water partition coefficient (Wildman–Crippen LogP) is 3.19. The first-order chi connectivity index (χ1) is 14.1. The number of ether oxygens (including phenoxy) is 3. The maximum Gasteiger partial charge on any atom is 0.339 e. The van der Waals surface area contributed by atoms with E-state index in [0.29, 0.717) is 12.4 Å². The van der Waals surface area contributed by atoms with Gasteiger partial charge >= 0.3 is 11.9 Å². The molecule has 2 heterocycles. The number of methoxy groups -OCH3 is 2. The van der Waals surface area contributed by atoms with Crippen LogP contribution < -0.4 is 4.74 Å². The third-order valence-corrected chi connectivity index (χ3v) is 6.06. The van der Waals surface area contributed by atoms with Gasteiger partial charge in [0, 0.05) is 17.5 Å². The molecule has 2 aliphatic heterocycles. The van der Waals surface area contributed by atoms with Crippen LogP contribution in [-0.4, -0.2) is 50.8 Å². The number of carbonyl (C=O) groups is 2. The van der Waals surface area contributed by atoms with Gasteiger partial charge in [0.15, 0.2) is 0 Å². The lowest BCUT2D eigenvalue weighted by atomic mass is 9.72. The molecule has 6 heteroatoms. The van der Waals surface area contributed by atoms with Crippen LogP contribution in [0.5, 0.6) is 5.75 Å². The molecule has 0 aromatic heterocycles. The minimum atomic E-state index is -0.545. The predicted molar refractivity (Wildman–Crippen MR) is 107 cm³/mol. The number of hydrogen-bond acceptors (Lipinski definition) is 6. The lowest BCUT2D eigenvalue weighted by Gasteiger charge is -2.39. The van der Waals surface area contributed by atoms with E-state index in [0.717, 1.165) is 38.0 Å². The van der Waals surface area contributed by atoms with Gasteiger partial charge in [-0.2, -0.15) is 0 Å². The molecule has 1 spiro atoms. The van der Waals surface area contributed by atoms with Gasteiger partial charge in [-0.1, -0.05) is 30.3 Å². The molecule has 2 aromatic rings. The van der Waals surface area contributed by atoms with E-state index in [-0.39, 0.29) is 16.5 Å². The van der Waals surface area contributed by atoms with Crippen molar-refractivity contribution in [3.63, 3.8) is 0 Å². The fourth-order valence-corrected chi connectivity index (χ4v) is 4.49. The highest BCUT2D eigenvalue weighted by Crippen LogP contribution is 2.48. The molecular weight excluding hydrogens is 370 g/mol. The quantitative estimate of drug-likeness (QED) is 0.741. The molecule has 0 N–H and O–H groups in total. The van der Waals surface area contributed by atoms with Crippen molar-refractivity contribution >= 4 is 11.9 Å². The van der Waals surface area contributed by atoms with Gasteiger partial charge < -0.3 is 14.2 Å². The Bertz CT molecular complexity index is 916. The van der Waals surface area contributed by atoms with Gasteiger partial charge in [0.1, 0.15) is 5.75 Å². The topological polar surface area (TPSA) is 65.1 Å². The maximum absolute atomic E-state index is 12.6. The largest absolute Gasteiger partial charge is 0.492 e. The second-order valence-electron chi connectivity index (χ2n) is 7.68. The zero-order valence-corrected chi connectivity index (χ0v) is 16.8. The Morgan fingerprint density at radius 2 is 1.69 bits per heavy atom. The molecule has 0 amide bonds. The Hall–Kier alpha value is -2.86. The molecule has 0 bridgehead atoms. The minimum Gasteiger partial charge on any atom is -0.492 e. The van der Waals surface area contributed by atoms with Gasteiger partial charge in [0.05, 0.1) is 32.0 Å². The molecule has 0 unspecified atom stereocenters. The Morgan fingerprint density at radius 1 is 1.00 bits per heavy atom. The van der Waals surface area contributed by atoms with Crippen molar-refractivity contribution in [2.45, 2.75) is 24.8 Å². The standard InChI is InChI=1S/C23H25NO5/c1-27-21(25)17-8-9-18-20(19(17)22(26)28-2)23(15-29-18)10-12-24(13-11-23)14-16-6-4-3-5-7-16/h3-9H,10-15H2,1-2H3. The van der Waals surface area contributed by atoms with Crippen LogP contribution in [-0.2, 0) is 21.4 Å². The fourth-order valence-electron chi connectivity index (χ4n) is 4.49. The van der Waals surface area contributed by atoms with Gasteiger partial charge in [-0.25, -0.2) is 9.59 Å². The summed E-state index contributed by atoms with van der Waals surface area (Å²) in [5.41, 5.74) is 2.30. The van der Waals surface area contributed by atoms with Gasteiger partial charge in [-0.15, -0.1) is 0 Å². The number of piperidine rings is 1. The number of rotatable bonds is 4. The summed E-state index contributed by atoms with van der Waals surface area (Å²) < 4.78 is 15.9. The SMILES string of the molecule is COC(=O)c1ccc2c(c1C(=O)OC)C1(CCN(Cc3ccccc3)CC1)CO2. The van der Waals surface area contributed by atoms with Gasteiger partial charge in [0.2, 0.25) is 0 Å². The van der Waals surface area contributed by atoms with Crippen molar-refractivity contribution in [2.75, 3.05) is 33.9 Å². The van der Waals surface area contributed by atoms with Gasteiger partial charge in [-0.05, 0) is 43.6 Å². The van der Waals surface area contributed by atoms with E-state index in [4.69, 9.17) is 14.2 Å². The third-order valence-electron chi connectivity index (χ3n) is 6.06. The molecule has 2 aromatic carbocycles. The fraction of sp³-hybridized carbons (Fsp3) is 0.391. The highest BCUT2D eigenvalue weighted by atomic mass is 16.5. The zero-order chi connectivity index (χ0) is 20.4. The minimum absolute atomic E-state index is 0.231. The Morgan fingerprint density at radius 3 is 2.34 bits per heavy atom. The van der Waals surface area contributed by atoms with Crippen LogP contribution in [0.1, 0.15) is 44.7 Å². The average Bonchev–Trinajstić information content (AvgIpc) is 3.12. The summed E-state index contributed by atoms with van der Waals surface area (Å²) in [4.78, 5) is 27.4. The number of esters is 2. The van der Waals surface area contributed by atoms with Crippen molar-refractivity contribution in [3.05, 3.63) is 64.7 Å². The molecule has 2 aliphatic rings. The van der Waals surface area contributed by atoms with E-state index in [9.17, 15) is 9.59 Å². The van der Waals surface area contributed by atoms with Gasteiger partial charge in [0.25, 0.3) is 0 Å². The highest BCUT2D eigenvalue weighted by Gasteiger charge is 2.47. The number of benzene rings is 2. The van der Waals surface area contributed by atoms with Crippen molar-refractivity contribution in [3.8, 4) is 5.75 Å². The summed E-state index contributed by atoms with van der Waals surface area (Å²) in [7, 11) is 2.64. The lowest BCUT2D eigenvalue weighted by molar-refractivity contribution is 0.0551. The molecule has 4 rings (SSSR count). The first-order valence-corrected chi connectivity index (χ1v) is 9.81. The first-order valence-electron chi connectivity index (χ1n) is 9.81. The summed E-state index contributed by atoms with van der Waals surface area (Å²) >= 11 is 0. The van der Waals surface area contributed by atoms with Crippen LogP contribution in [0.25, 0.3) is 0 Å². The molecule has 29 heavy (non-hydrogen) atoms. The van der Waals surface area contributed by atoms with Crippen molar-refractivity contribution in [1.82, 2.24) is 4.90 Å². The molecule has 6 nitrogen and oxygen atoms in total. The van der Waals surface area contributed by atoms with E-state index in [1.807, 2.05) is 6.07 Å². The van der Waals surface area contributed by atoms with E-state index >= 15 is 0 Å². The monoisotopic (exact) mass is 395 g/mol. The first kappa shape index (κ1) is 19.5. The Balaban J connectivity index is 1.64. The number of likely N-dealkylation sites (tertiary alicyclic amines) is 1. The second-order valence-corrected chi connectivity index (χ2v) is 7.68. The molecule has 1 fully saturated rings. The summed E-state index contributed by atoms with van der Waals surface area (Å²) in [5.74, 6) is -0.412. The lowest BCUT2D eigenvalue weighted by Crippen LogP contribution is -2.44. The number of fused-ring (bicyclic) bond motifs is 2. The number of carbonyl (C=O) groups excluding carboxylic acids is 2. The van der Waals surface area contributed by atoms with Crippen molar-refractivity contribution in [1.29, 1.82) is 0 Å². The van der Waals surface area contributed by atoms with Crippen molar-refractivity contribution < 1.29 is 23.8 Å². The normalized spacial score (nSPS) is 17.4. The molecule has 152 valence electrons. The van der Waals surface area contributed by atoms with E-state index < -0.39 is 11.9 Å². The molecule has 1 saturated heterocycles. The highest BCUT2D eigenvalue weighted by molar-refractivity contribution is 6.05. The van der Waals surface area contributed by atoms with Gasteiger partial charge in [-0.3, -0.25) is 4.90 Å². The second kappa shape index (κ2) is 7.87. The number of hydrogen-bond donors (Lipinski definition) is 0. The molecule has 0 atom stereocenters. The Kier molecular flexibility index (Phi) is 5.28. The Labute approximate surface area is 170 Å². The molecule has 0 saturated carbocycles. The molecule has 0 radical (unpaired) electrons. The van der Waals surface area contributed by atoms with E-state index in [1.165, 1.54) is 19.8 Å². The van der Waals surface area contributed by atoms with Crippen LogP contribution in [0.4, 0.5) is 0 Å². The van der Waals surface area contributed by atoms with E-state index in [2.05, 4.69) is 29.2 Å². The van der Waals surface area contributed by atoms with Crippen molar-refractivity contribution in [2.24, 2.45) is 0 Å². The molecule has 0 aliphatic carbocycles. The zero-order valence-electron chi connectivity index (χ0n) is 16.8. The average molecular weight is 395 g/mol.